The van der Waals surface area contributed by atoms with Crippen LogP contribution in [0.4, 0.5) is 0 Å². The number of hydrogen-bond acceptors (Lipinski definition) is 1. The van der Waals surface area contributed by atoms with Crippen molar-refractivity contribution in [1.82, 2.24) is 0 Å². The zero-order chi connectivity index (χ0) is 8.48. The van der Waals surface area contributed by atoms with Gasteiger partial charge in [0.2, 0.25) is 0 Å². The molecule has 0 saturated heterocycles. The lowest BCUT2D eigenvalue weighted by Gasteiger charge is -2.36. The van der Waals surface area contributed by atoms with E-state index in [4.69, 9.17) is 5.73 Å². The van der Waals surface area contributed by atoms with Crippen molar-refractivity contribution in [3.8, 4) is 0 Å². The molecule has 1 heteroatoms. The summed E-state index contributed by atoms with van der Waals surface area (Å²) < 4.78 is 0. The van der Waals surface area contributed by atoms with E-state index in [1.807, 2.05) is 6.08 Å². The van der Waals surface area contributed by atoms with Crippen molar-refractivity contribution in [1.29, 1.82) is 0 Å². The molecule has 0 aromatic heterocycles. The monoisotopic (exact) mass is 151 g/mol. The molecule has 2 atom stereocenters. The van der Waals surface area contributed by atoms with Crippen LogP contribution in [0.5, 0.6) is 0 Å². The molecule has 0 amide bonds. The first kappa shape index (κ1) is 8.54. The SMILES string of the molecule is CC(C)C1(N)C=CC=CC1C. The number of hydrogen-bond donors (Lipinski definition) is 1. The van der Waals surface area contributed by atoms with Crippen LogP contribution in [0.3, 0.4) is 0 Å². The average Bonchev–Trinajstić information content (AvgIpc) is 1.95. The van der Waals surface area contributed by atoms with Crippen LogP contribution < -0.4 is 5.73 Å². The van der Waals surface area contributed by atoms with Gasteiger partial charge in [-0.3, -0.25) is 0 Å². The highest BCUT2D eigenvalue weighted by molar-refractivity contribution is 5.23. The lowest BCUT2D eigenvalue weighted by atomic mass is 9.75. The van der Waals surface area contributed by atoms with Crippen molar-refractivity contribution in [2.75, 3.05) is 0 Å². The van der Waals surface area contributed by atoms with Gasteiger partial charge in [0, 0.05) is 5.54 Å². The van der Waals surface area contributed by atoms with Crippen LogP contribution in [0.1, 0.15) is 20.8 Å². The second-order valence-electron chi connectivity index (χ2n) is 3.69. The molecule has 0 heterocycles. The minimum Gasteiger partial charge on any atom is -0.321 e. The zero-order valence-electron chi connectivity index (χ0n) is 7.54. The Labute approximate surface area is 69.0 Å². The van der Waals surface area contributed by atoms with Crippen LogP contribution in [0.25, 0.3) is 0 Å². The highest BCUT2D eigenvalue weighted by Gasteiger charge is 2.31. The molecule has 0 spiro atoms. The summed E-state index contributed by atoms with van der Waals surface area (Å²) in [6.07, 6.45) is 8.39. The Hall–Kier alpha value is -0.560. The van der Waals surface area contributed by atoms with E-state index in [1.165, 1.54) is 0 Å². The Bertz CT molecular complexity index is 191. The Morgan fingerprint density at radius 1 is 1.36 bits per heavy atom. The first-order chi connectivity index (χ1) is 5.07. The highest BCUT2D eigenvalue weighted by Crippen LogP contribution is 2.28. The molecule has 0 aliphatic heterocycles. The van der Waals surface area contributed by atoms with Crippen LogP contribution in [0.2, 0.25) is 0 Å². The molecule has 2 N–H and O–H groups in total. The van der Waals surface area contributed by atoms with E-state index < -0.39 is 0 Å². The maximum atomic E-state index is 6.21. The third-order valence-corrected chi connectivity index (χ3v) is 2.68. The summed E-state index contributed by atoms with van der Waals surface area (Å²) in [7, 11) is 0. The summed E-state index contributed by atoms with van der Waals surface area (Å²) in [5.74, 6) is 0.950. The Balaban J connectivity index is 2.85. The molecule has 0 bridgehead atoms. The van der Waals surface area contributed by atoms with Crippen molar-refractivity contribution >= 4 is 0 Å². The van der Waals surface area contributed by atoms with E-state index in [0.29, 0.717) is 11.8 Å². The molecule has 0 saturated carbocycles. The quantitative estimate of drug-likeness (QED) is 0.610. The average molecular weight is 151 g/mol. The summed E-state index contributed by atoms with van der Waals surface area (Å²) >= 11 is 0. The normalized spacial score (nSPS) is 36.6. The maximum absolute atomic E-state index is 6.21. The van der Waals surface area contributed by atoms with Gasteiger partial charge in [-0.25, -0.2) is 0 Å². The lowest BCUT2D eigenvalue weighted by Crippen LogP contribution is -2.49. The fraction of sp³-hybridized carbons (Fsp3) is 0.600. The first-order valence-electron chi connectivity index (χ1n) is 4.22. The summed E-state index contributed by atoms with van der Waals surface area (Å²) in [5, 5.41) is 0. The van der Waals surface area contributed by atoms with Crippen LogP contribution in [0, 0.1) is 11.8 Å². The van der Waals surface area contributed by atoms with Crippen molar-refractivity contribution in [3.05, 3.63) is 24.3 Å². The lowest BCUT2D eigenvalue weighted by molar-refractivity contribution is 0.310. The van der Waals surface area contributed by atoms with Gasteiger partial charge in [0.05, 0.1) is 0 Å². The van der Waals surface area contributed by atoms with E-state index in [0.717, 1.165) is 0 Å². The highest BCUT2D eigenvalue weighted by atomic mass is 14.8. The summed E-state index contributed by atoms with van der Waals surface area (Å²) in [6.45, 7) is 6.50. The molecule has 1 rings (SSSR count). The number of allylic oxidation sites excluding steroid dienone is 2. The molecule has 2 unspecified atom stereocenters. The molecule has 1 aliphatic carbocycles. The molecule has 62 valence electrons. The first-order valence-corrected chi connectivity index (χ1v) is 4.22. The molecule has 0 aromatic rings. The van der Waals surface area contributed by atoms with E-state index in [2.05, 4.69) is 39.0 Å². The van der Waals surface area contributed by atoms with Crippen LogP contribution in [-0.4, -0.2) is 5.54 Å². The summed E-state index contributed by atoms with van der Waals surface area (Å²) in [6, 6.07) is 0. The largest absolute Gasteiger partial charge is 0.321 e. The van der Waals surface area contributed by atoms with Gasteiger partial charge in [0.1, 0.15) is 0 Å². The predicted molar refractivity (Wildman–Crippen MR) is 49.2 cm³/mol. The molecule has 0 radical (unpaired) electrons. The van der Waals surface area contributed by atoms with Crippen molar-refractivity contribution in [3.63, 3.8) is 0 Å². The van der Waals surface area contributed by atoms with Gasteiger partial charge in [-0.15, -0.1) is 0 Å². The van der Waals surface area contributed by atoms with Gasteiger partial charge in [0.25, 0.3) is 0 Å². The summed E-state index contributed by atoms with van der Waals surface area (Å²) in [5.41, 5.74) is 6.08. The fourth-order valence-electron chi connectivity index (χ4n) is 1.49. The minimum absolute atomic E-state index is 0.130. The standard InChI is InChI=1S/C10H17N/c1-8(2)10(11)7-5-4-6-9(10)3/h4-9H,11H2,1-3H3. The topological polar surface area (TPSA) is 26.0 Å². The molecule has 0 aromatic carbocycles. The van der Waals surface area contributed by atoms with Gasteiger partial charge in [-0.2, -0.15) is 0 Å². The van der Waals surface area contributed by atoms with Gasteiger partial charge < -0.3 is 5.73 Å². The van der Waals surface area contributed by atoms with Crippen LogP contribution >= 0.6 is 0 Å². The minimum atomic E-state index is -0.130. The van der Waals surface area contributed by atoms with Gasteiger partial charge >= 0.3 is 0 Å². The molecular weight excluding hydrogens is 134 g/mol. The van der Waals surface area contributed by atoms with Crippen molar-refractivity contribution in [2.45, 2.75) is 26.3 Å². The predicted octanol–water partition coefficient (Wildman–Crippen LogP) is 2.10. The van der Waals surface area contributed by atoms with E-state index in [9.17, 15) is 0 Å². The maximum Gasteiger partial charge on any atom is 0.0426 e. The second-order valence-corrected chi connectivity index (χ2v) is 3.69. The molecule has 0 fully saturated rings. The Morgan fingerprint density at radius 3 is 2.36 bits per heavy atom. The van der Waals surface area contributed by atoms with Crippen molar-refractivity contribution in [2.24, 2.45) is 17.6 Å². The molecule has 1 aliphatic rings. The third kappa shape index (κ3) is 1.38. The molecular formula is C10H17N. The fourth-order valence-corrected chi connectivity index (χ4v) is 1.49. The third-order valence-electron chi connectivity index (χ3n) is 2.68. The Morgan fingerprint density at radius 2 is 2.00 bits per heavy atom. The van der Waals surface area contributed by atoms with Gasteiger partial charge in [-0.05, 0) is 11.8 Å². The molecule has 11 heavy (non-hydrogen) atoms. The van der Waals surface area contributed by atoms with Crippen molar-refractivity contribution < 1.29 is 0 Å². The number of nitrogens with two attached hydrogens (primary N) is 1. The van der Waals surface area contributed by atoms with E-state index >= 15 is 0 Å². The smallest absolute Gasteiger partial charge is 0.0426 e. The zero-order valence-corrected chi connectivity index (χ0v) is 7.54. The second kappa shape index (κ2) is 2.82. The van der Waals surface area contributed by atoms with Crippen LogP contribution in [-0.2, 0) is 0 Å². The van der Waals surface area contributed by atoms with Gasteiger partial charge in [0.15, 0.2) is 0 Å². The van der Waals surface area contributed by atoms with E-state index in [-0.39, 0.29) is 5.54 Å². The Kier molecular flexibility index (Phi) is 2.19. The number of rotatable bonds is 1. The summed E-state index contributed by atoms with van der Waals surface area (Å²) in [4.78, 5) is 0. The molecule has 1 nitrogen and oxygen atoms in total. The van der Waals surface area contributed by atoms with Crippen LogP contribution in [0.15, 0.2) is 24.3 Å². The van der Waals surface area contributed by atoms with Gasteiger partial charge in [-0.1, -0.05) is 45.1 Å². The van der Waals surface area contributed by atoms with E-state index in [1.54, 1.807) is 0 Å².